The van der Waals surface area contributed by atoms with Crippen LogP contribution in [0.5, 0.6) is 0 Å². The van der Waals surface area contributed by atoms with Crippen molar-refractivity contribution in [2.45, 2.75) is 30.5 Å². The Morgan fingerprint density at radius 1 is 1.28 bits per heavy atom. The lowest BCUT2D eigenvalue weighted by Crippen LogP contribution is -2.04. The Morgan fingerprint density at radius 2 is 2.11 bits per heavy atom. The molecule has 0 fully saturated rings. The smallest absolute Gasteiger partial charge is 0.0535 e. The second-order valence-corrected chi connectivity index (χ2v) is 5.47. The van der Waals surface area contributed by atoms with Crippen LogP contribution in [0.4, 0.5) is 0 Å². The van der Waals surface area contributed by atoms with Crippen molar-refractivity contribution >= 4 is 11.8 Å². The summed E-state index contributed by atoms with van der Waals surface area (Å²) in [7, 11) is 0. The van der Waals surface area contributed by atoms with Gasteiger partial charge in [0.05, 0.1) is 5.69 Å². The summed E-state index contributed by atoms with van der Waals surface area (Å²) in [5.41, 5.74) is 9.46. The number of pyridine rings is 1. The fourth-order valence-corrected chi connectivity index (χ4v) is 2.71. The standard InChI is InChI=1S/C15H18N2S/c1-11-5-4-8-17-15(11)10-18-14-7-3-6-13(9-14)12(2)16/h3-9,12H,10,16H2,1-2H3. The summed E-state index contributed by atoms with van der Waals surface area (Å²) < 4.78 is 0. The van der Waals surface area contributed by atoms with Crippen molar-refractivity contribution in [2.24, 2.45) is 5.73 Å². The average molecular weight is 258 g/mol. The summed E-state index contributed by atoms with van der Waals surface area (Å²) in [6.45, 7) is 4.11. The quantitative estimate of drug-likeness (QED) is 0.850. The molecule has 0 aliphatic rings. The van der Waals surface area contributed by atoms with E-state index in [2.05, 4.69) is 42.2 Å². The number of nitrogens with zero attached hydrogens (tertiary/aromatic N) is 1. The van der Waals surface area contributed by atoms with Crippen molar-refractivity contribution in [1.29, 1.82) is 0 Å². The number of hydrogen-bond acceptors (Lipinski definition) is 3. The van der Waals surface area contributed by atoms with Crippen LogP contribution in [-0.4, -0.2) is 4.98 Å². The predicted octanol–water partition coefficient (Wildman–Crippen LogP) is 3.70. The second kappa shape index (κ2) is 6.03. The molecular weight excluding hydrogens is 240 g/mol. The summed E-state index contributed by atoms with van der Waals surface area (Å²) in [6, 6.07) is 12.6. The normalized spacial score (nSPS) is 12.4. The predicted molar refractivity (Wildman–Crippen MR) is 77.6 cm³/mol. The molecule has 0 radical (unpaired) electrons. The first-order valence-electron chi connectivity index (χ1n) is 6.05. The molecule has 0 spiro atoms. The van der Waals surface area contributed by atoms with Crippen molar-refractivity contribution in [3.63, 3.8) is 0 Å². The van der Waals surface area contributed by atoms with E-state index in [4.69, 9.17) is 5.73 Å². The molecule has 0 saturated carbocycles. The van der Waals surface area contributed by atoms with Crippen LogP contribution < -0.4 is 5.73 Å². The third-order valence-corrected chi connectivity index (χ3v) is 3.88. The zero-order chi connectivity index (χ0) is 13.0. The van der Waals surface area contributed by atoms with Crippen molar-refractivity contribution in [3.8, 4) is 0 Å². The van der Waals surface area contributed by atoms with Crippen LogP contribution in [0.2, 0.25) is 0 Å². The first kappa shape index (κ1) is 13.1. The van der Waals surface area contributed by atoms with Gasteiger partial charge in [0.2, 0.25) is 0 Å². The Hall–Kier alpha value is -1.32. The summed E-state index contributed by atoms with van der Waals surface area (Å²) in [4.78, 5) is 5.65. The van der Waals surface area contributed by atoms with Gasteiger partial charge in [-0.15, -0.1) is 11.8 Å². The molecule has 1 unspecified atom stereocenters. The largest absolute Gasteiger partial charge is 0.324 e. The van der Waals surface area contributed by atoms with E-state index in [1.165, 1.54) is 16.0 Å². The minimum absolute atomic E-state index is 0.0853. The maximum absolute atomic E-state index is 5.89. The monoisotopic (exact) mass is 258 g/mol. The third kappa shape index (κ3) is 3.34. The lowest BCUT2D eigenvalue weighted by molar-refractivity contribution is 0.815. The molecule has 94 valence electrons. The lowest BCUT2D eigenvalue weighted by atomic mass is 10.1. The molecule has 0 amide bonds. The molecule has 1 atom stereocenters. The van der Waals surface area contributed by atoms with Gasteiger partial charge in [0, 0.05) is 22.9 Å². The maximum atomic E-state index is 5.89. The van der Waals surface area contributed by atoms with E-state index in [9.17, 15) is 0 Å². The summed E-state index contributed by atoms with van der Waals surface area (Å²) in [5, 5.41) is 0. The van der Waals surface area contributed by atoms with Crippen molar-refractivity contribution in [2.75, 3.05) is 0 Å². The fraction of sp³-hybridized carbons (Fsp3) is 0.267. The van der Waals surface area contributed by atoms with Crippen molar-refractivity contribution in [1.82, 2.24) is 4.98 Å². The molecule has 0 bridgehead atoms. The zero-order valence-corrected chi connectivity index (χ0v) is 11.6. The van der Waals surface area contributed by atoms with E-state index in [0.29, 0.717) is 0 Å². The molecule has 2 nitrogen and oxygen atoms in total. The van der Waals surface area contributed by atoms with Gasteiger partial charge in [-0.05, 0) is 43.2 Å². The molecule has 1 heterocycles. The van der Waals surface area contributed by atoms with Gasteiger partial charge in [-0.2, -0.15) is 0 Å². The fourth-order valence-electron chi connectivity index (χ4n) is 1.71. The Bertz CT molecular complexity index is 523. The Labute approximate surface area is 113 Å². The number of rotatable bonds is 4. The number of aromatic nitrogens is 1. The number of thioether (sulfide) groups is 1. The molecule has 18 heavy (non-hydrogen) atoms. The molecule has 0 saturated heterocycles. The minimum atomic E-state index is 0.0853. The van der Waals surface area contributed by atoms with Gasteiger partial charge in [0.25, 0.3) is 0 Å². The van der Waals surface area contributed by atoms with Crippen LogP contribution >= 0.6 is 11.8 Å². The van der Waals surface area contributed by atoms with Crippen LogP contribution in [0.15, 0.2) is 47.5 Å². The van der Waals surface area contributed by atoms with Crippen LogP contribution in [0.3, 0.4) is 0 Å². The van der Waals surface area contributed by atoms with Crippen LogP contribution in [-0.2, 0) is 5.75 Å². The Balaban J connectivity index is 2.07. The van der Waals surface area contributed by atoms with Crippen LogP contribution in [0, 0.1) is 6.92 Å². The first-order valence-corrected chi connectivity index (χ1v) is 7.04. The second-order valence-electron chi connectivity index (χ2n) is 4.42. The van der Waals surface area contributed by atoms with E-state index in [1.54, 1.807) is 11.8 Å². The molecule has 3 heteroatoms. The Kier molecular flexibility index (Phi) is 4.39. The summed E-state index contributed by atoms with van der Waals surface area (Å²) >= 11 is 1.80. The van der Waals surface area contributed by atoms with Gasteiger partial charge in [0.15, 0.2) is 0 Å². The van der Waals surface area contributed by atoms with E-state index >= 15 is 0 Å². The highest BCUT2D eigenvalue weighted by Crippen LogP contribution is 2.25. The van der Waals surface area contributed by atoms with Gasteiger partial charge in [-0.3, -0.25) is 4.98 Å². The first-order chi connectivity index (χ1) is 8.66. The van der Waals surface area contributed by atoms with Gasteiger partial charge in [-0.1, -0.05) is 18.2 Å². The molecule has 2 rings (SSSR count). The van der Waals surface area contributed by atoms with E-state index in [-0.39, 0.29) is 6.04 Å². The molecule has 0 aliphatic carbocycles. The molecular formula is C15H18N2S. The van der Waals surface area contributed by atoms with Gasteiger partial charge >= 0.3 is 0 Å². The molecule has 0 aliphatic heterocycles. The van der Waals surface area contributed by atoms with E-state index in [1.807, 2.05) is 19.2 Å². The number of hydrogen-bond donors (Lipinski definition) is 1. The van der Waals surface area contributed by atoms with Gasteiger partial charge in [-0.25, -0.2) is 0 Å². The van der Waals surface area contributed by atoms with Crippen LogP contribution in [0.25, 0.3) is 0 Å². The van der Waals surface area contributed by atoms with Gasteiger partial charge < -0.3 is 5.73 Å². The van der Waals surface area contributed by atoms with Crippen molar-refractivity contribution < 1.29 is 0 Å². The van der Waals surface area contributed by atoms with Gasteiger partial charge in [0.1, 0.15) is 0 Å². The lowest BCUT2D eigenvalue weighted by Gasteiger charge is -2.08. The number of aryl methyl sites for hydroxylation is 1. The highest BCUT2D eigenvalue weighted by atomic mass is 32.2. The maximum Gasteiger partial charge on any atom is 0.0535 e. The minimum Gasteiger partial charge on any atom is -0.324 e. The van der Waals surface area contributed by atoms with E-state index < -0.39 is 0 Å². The highest BCUT2D eigenvalue weighted by molar-refractivity contribution is 7.98. The van der Waals surface area contributed by atoms with E-state index in [0.717, 1.165) is 11.4 Å². The molecule has 2 aromatic rings. The summed E-state index contributed by atoms with van der Waals surface area (Å²) in [6.07, 6.45) is 1.85. The summed E-state index contributed by atoms with van der Waals surface area (Å²) in [5.74, 6) is 0.898. The van der Waals surface area contributed by atoms with Crippen LogP contribution in [0.1, 0.15) is 29.8 Å². The molecule has 2 N–H and O–H groups in total. The molecule has 1 aromatic carbocycles. The Morgan fingerprint density at radius 3 is 2.83 bits per heavy atom. The zero-order valence-electron chi connectivity index (χ0n) is 10.8. The molecule has 1 aromatic heterocycles. The van der Waals surface area contributed by atoms with Crippen molar-refractivity contribution in [3.05, 3.63) is 59.4 Å². The SMILES string of the molecule is Cc1cccnc1CSc1cccc(C(C)N)c1. The third-order valence-electron chi connectivity index (χ3n) is 2.88. The average Bonchev–Trinajstić information content (AvgIpc) is 2.38. The number of nitrogens with two attached hydrogens (primary N) is 1. The number of benzene rings is 1. The highest BCUT2D eigenvalue weighted by Gasteiger charge is 2.03. The topological polar surface area (TPSA) is 38.9 Å².